The minimum atomic E-state index is -0.254. The second-order valence-electron chi connectivity index (χ2n) is 3.91. The van der Waals surface area contributed by atoms with Crippen molar-refractivity contribution in [3.05, 3.63) is 0 Å². The van der Waals surface area contributed by atoms with Crippen LogP contribution in [0.15, 0.2) is 0 Å². The summed E-state index contributed by atoms with van der Waals surface area (Å²) in [6.45, 7) is 1.43. The molecule has 0 aromatic rings. The zero-order valence-corrected chi connectivity index (χ0v) is 9.02. The molecule has 0 radical (unpaired) electrons. The number of nitrogens with zero attached hydrogens (tertiary/aromatic N) is 1. The van der Waals surface area contributed by atoms with Gasteiger partial charge in [0.25, 0.3) is 5.91 Å². The van der Waals surface area contributed by atoms with Crippen LogP contribution < -0.4 is 0 Å². The molecule has 1 unspecified atom stereocenters. The highest BCUT2D eigenvalue weighted by atomic mass is 32.2. The molecular formula is C10H15NO2S. The second-order valence-corrected chi connectivity index (χ2v) is 5.32. The van der Waals surface area contributed by atoms with E-state index in [9.17, 15) is 9.59 Å². The molecule has 78 valence electrons. The first kappa shape index (κ1) is 10.0. The first-order valence-electron chi connectivity index (χ1n) is 5.21. The molecule has 3 nitrogen and oxygen atoms in total. The fourth-order valence-electron chi connectivity index (χ4n) is 1.99. The van der Waals surface area contributed by atoms with Crippen LogP contribution in [0.25, 0.3) is 0 Å². The molecular weight excluding hydrogens is 198 g/mol. The molecule has 1 atom stereocenters. The van der Waals surface area contributed by atoms with Crippen LogP contribution in [0.1, 0.15) is 25.7 Å². The largest absolute Gasteiger partial charge is 0.335 e. The van der Waals surface area contributed by atoms with Gasteiger partial charge in [-0.1, -0.05) is 6.42 Å². The first-order valence-corrected chi connectivity index (χ1v) is 6.26. The molecule has 0 aromatic carbocycles. The van der Waals surface area contributed by atoms with E-state index in [2.05, 4.69) is 0 Å². The van der Waals surface area contributed by atoms with Gasteiger partial charge in [-0.2, -0.15) is 11.8 Å². The van der Waals surface area contributed by atoms with Gasteiger partial charge in [-0.25, -0.2) is 0 Å². The number of carbonyl (C=O) groups is 2. The summed E-state index contributed by atoms with van der Waals surface area (Å²) in [6, 6.07) is 0. The number of hydrogen-bond acceptors (Lipinski definition) is 3. The number of ketones is 1. The van der Waals surface area contributed by atoms with E-state index in [0.717, 1.165) is 6.54 Å². The van der Waals surface area contributed by atoms with Crippen LogP contribution in [-0.4, -0.2) is 40.7 Å². The van der Waals surface area contributed by atoms with Crippen molar-refractivity contribution in [3.63, 3.8) is 0 Å². The lowest BCUT2D eigenvalue weighted by molar-refractivity contribution is -0.139. The molecule has 2 heterocycles. The molecule has 0 saturated carbocycles. The van der Waals surface area contributed by atoms with Gasteiger partial charge in [-0.3, -0.25) is 9.59 Å². The molecule has 1 amide bonds. The fourth-order valence-corrected chi connectivity index (χ4v) is 3.32. The van der Waals surface area contributed by atoms with E-state index < -0.39 is 0 Å². The van der Waals surface area contributed by atoms with E-state index >= 15 is 0 Å². The lowest BCUT2D eigenvalue weighted by Gasteiger charge is -2.25. The maximum absolute atomic E-state index is 11.3. The molecule has 0 spiro atoms. The van der Waals surface area contributed by atoms with Crippen LogP contribution in [0.3, 0.4) is 0 Å². The predicted molar refractivity (Wildman–Crippen MR) is 56.3 cm³/mol. The van der Waals surface area contributed by atoms with Crippen LogP contribution in [0.5, 0.6) is 0 Å². The highest BCUT2D eigenvalue weighted by Gasteiger charge is 2.31. The normalized spacial score (nSPS) is 28.6. The van der Waals surface area contributed by atoms with E-state index in [1.165, 1.54) is 25.0 Å². The van der Waals surface area contributed by atoms with E-state index in [-0.39, 0.29) is 11.7 Å². The summed E-state index contributed by atoms with van der Waals surface area (Å²) in [5.74, 6) is 0.752. The molecule has 2 saturated heterocycles. The van der Waals surface area contributed by atoms with Gasteiger partial charge in [-0.05, 0) is 18.6 Å². The Hall–Kier alpha value is -0.510. The third kappa shape index (κ3) is 2.11. The molecule has 14 heavy (non-hydrogen) atoms. The molecule has 0 aliphatic carbocycles. The van der Waals surface area contributed by atoms with Crippen molar-refractivity contribution in [3.8, 4) is 0 Å². The summed E-state index contributed by atoms with van der Waals surface area (Å²) >= 11 is 1.95. The number of likely N-dealkylation sites (tertiary alicyclic amines) is 1. The van der Waals surface area contributed by atoms with Crippen molar-refractivity contribution in [1.29, 1.82) is 0 Å². The SMILES string of the molecule is O=C1CCN(CC2CCCCS2)C1=O. The van der Waals surface area contributed by atoms with Crippen molar-refractivity contribution in [2.75, 3.05) is 18.8 Å². The quantitative estimate of drug-likeness (QED) is 0.644. The summed E-state index contributed by atoms with van der Waals surface area (Å²) < 4.78 is 0. The molecule has 4 heteroatoms. The summed E-state index contributed by atoms with van der Waals surface area (Å²) in [6.07, 6.45) is 4.19. The summed E-state index contributed by atoms with van der Waals surface area (Å²) in [4.78, 5) is 24.1. The Morgan fingerprint density at radius 2 is 2.21 bits per heavy atom. The number of carbonyl (C=O) groups excluding carboxylic acids is 2. The van der Waals surface area contributed by atoms with E-state index in [4.69, 9.17) is 0 Å². The molecule has 0 N–H and O–H groups in total. The van der Waals surface area contributed by atoms with E-state index in [1.54, 1.807) is 4.90 Å². The Morgan fingerprint density at radius 1 is 1.36 bits per heavy atom. The number of hydrogen-bond donors (Lipinski definition) is 0. The number of Topliss-reactive ketones (excluding diaryl/α,β-unsaturated/α-hetero) is 1. The maximum Gasteiger partial charge on any atom is 0.290 e. The number of amides is 1. The Balaban J connectivity index is 1.85. The second kappa shape index (κ2) is 4.34. The minimum Gasteiger partial charge on any atom is -0.335 e. The van der Waals surface area contributed by atoms with Gasteiger partial charge < -0.3 is 4.90 Å². The van der Waals surface area contributed by atoms with Crippen LogP contribution in [0.4, 0.5) is 0 Å². The molecule has 2 fully saturated rings. The number of thioether (sulfide) groups is 1. The van der Waals surface area contributed by atoms with E-state index in [1.807, 2.05) is 11.8 Å². The minimum absolute atomic E-state index is 0.203. The summed E-state index contributed by atoms with van der Waals surface area (Å²) in [7, 11) is 0. The first-order chi connectivity index (χ1) is 6.77. The fraction of sp³-hybridized carbons (Fsp3) is 0.800. The average molecular weight is 213 g/mol. The lowest BCUT2D eigenvalue weighted by Crippen LogP contribution is -2.34. The standard InChI is InChI=1S/C10H15NO2S/c12-9-4-5-11(10(9)13)7-8-3-1-2-6-14-8/h8H,1-7H2. The van der Waals surface area contributed by atoms with Crippen LogP contribution >= 0.6 is 11.8 Å². The van der Waals surface area contributed by atoms with Crippen molar-refractivity contribution >= 4 is 23.5 Å². The summed E-state index contributed by atoms with van der Waals surface area (Å²) in [5, 5.41) is 0.568. The Labute approximate surface area is 88.2 Å². The maximum atomic E-state index is 11.3. The van der Waals surface area contributed by atoms with Crippen molar-refractivity contribution in [2.45, 2.75) is 30.9 Å². The highest BCUT2D eigenvalue weighted by Crippen LogP contribution is 2.26. The zero-order valence-electron chi connectivity index (χ0n) is 8.20. The van der Waals surface area contributed by atoms with Crippen molar-refractivity contribution < 1.29 is 9.59 Å². The Morgan fingerprint density at radius 3 is 2.79 bits per heavy atom. The molecule has 0 bridgehead atoms. The predicted octanol–water partition coefficient (Wildman–Crippen LogP) is 1.07. The van der Waals surface area contributed by atoms with Crippen LogP contribution in [-0.2, 0) is 9.59 Å². The molecule has 2 aliphatic heterocycles. The monoisotopic (exact) mass is 213 g/mol. The molecule has 0 aromatic heterocycles. The van der Waals surface area contributed by atoms with Crippen molar-refractivity contribution in [2.24, 2.45) is 0 Å². The highest BCUT2D eigenvalue weighted by molar-refractivity contribution is 7.99. The van der Waals surface area contributed by atoms with Crippen LogP contribution in [0, 0.1) is 0 Å². The van der Waals surface area contributed by atoms with Gasteiger partial charge >= 0.3 is 0 Å². The third-order valence-electron chi connectivity index (χ3n) is 2.83. The Kier molecular flexibility index (Phi) is 3.11. The van der Waals surface area contributed by atoms with Gasteiger partial charge in [-0.15, -0.1) is 0 Å². The van der Waals surface area contributed by atoms with Gasteiger partial charge in [0.05, 0.1) is 0 Å². The van der Waals surface area contributed by atoms with Crippen LogP contribution in [0.2, 0.25) is 0 Å². The van der Waals surface area contributed by atoms with Gasteiger partial charge in [0.15, 0.2) is 0 Å². The van der Waals surface area contributed by atoms with Gasteiger partial charge in [0.2, 0.25) is 5.78 Å². The molecule has 2 aliphatic rings. The number of rotatable bonds is 2. The summed E-state index contributed by atoms with van der Waals surface area (Å²) in [5.41, 5.74) is 0. The third-order valence-corrected chi connectivity index (χ3v) is 4.21. The smallest absolute Gasteiger partial charge is 0.290 e. The van der Waals surface area contributed by atoms with Gasteiger partial charge in [0.1, 0.15) is 0 Å². The average Bonchev–Trinajstić information content (AvgIpc) is 2.52. The topological polar surface area (TPSA) is 37.4 Å². The zero-order chi connectivity index (χ0) is 9.97. The lowest BCUT2D eigenvalue weighted by atomic mass is 10.2. The Bertz CT molecular complexity index is 249. The van der Waals surface area contributed by atoms with Gasteiger partial charge in [0, 0.05) is 24.8 Å². The van der Waals surface area contributed by atoms with E-state index in [0.29, 0.717) is 18.2 Å². The molecule has 2 rings (SSSR count). The van der Waals surface area contributed by atoms with Crippen molar-refractivity contribution in [1.82, 2.24) is 4.90 Å².